The number of H-pyrrole nitrogens is 1. The fourth-order valence-electron chi connectivity index (χ4n) is 4.16. The van der Waals surface area contributed by atoms with Crippen LogP contribution < -0.4 is 15.4 Å². The van der Waals surface area contributed by atoms with E-state index in [0.29, 0.717) is 55.5 Å². The second-order valence-electron chi connectivity index (χ2n) is 8.26. The Morgan fingerprint density at radius 1 is 0.971 bits per heavy atom. The number of nitrogens with one attached hydrogen (secondary N) is 1. The van der Waals surface area contributed by atoms with E-state index in [0.717, 1.165) is 18.1 Å². The Balaban J connectivity index is 1.47. The van der Waals surface area contributed by atoms with Crippen molar-refractivity contribution in [1.29, 1.82) is 0 Å². The summed E-state index contributed by atoms with van der Waals surface area (Å²) >= 11 is 0. The van der Waals surface area contributed by atoms with E-state index in [1.807, 2.05) is 40.1 Å². The zero-order valence-corrected chi connectivity index (χ0v) is 18.9. The molecule has 0 spiro atoms. The molecule has 0 saturated carbocycles. The van der Waals surface area contributed by atoms with Gasteiger partial charge in [-0.15, -0.1) is 0 Å². The number of ether oxygens (including phenoxy) is 1. The average Bonchev–Trinajstić information content (AvgIpc) is 2.84. The molecule has 3 aromatic rings. The fraction of sp³-hybridized carbons (Fsp3) is 0.360. The molecule has 0 bridgehead atoms. The van der Waals surface area contributed by atoms with Crippen molar-refractivity contribution >= 4 is 11.6 Å². The minimum atomic E-state index is -4.37. The van der Waals surface area contributed by atoms with Crippen LogP contribution >= 0.6 is 0 Å². The second kappa shape index (κ2) is 10.3. The highest BCUT2D eigenvalue weighted by molar-refractivity contribution is 5.51. The highest BCUT2D eigenvalue weighted by Gasteiger charge is 2.31. The second-order valence-corrected chi connectivity index (χ2v) is 8.26. The lowest BCUT2D eigenvalue weighted by Gasteiger charge is -2.36. The maximum atomic E-state index is 13.1. The first kappa shape index (κ1) is 23.8. The number of halogens is 3. The molecule has 1 aliphatic rings. The van der Waals surface area contributed by atoms with Crippen molar-refractivity contribution in [2.75, 3.05) is 43.1 Å². The summed E-state index contributed by atoms with van der Waals surface area (Å²) in [6.45, 7) is 2.30. The lowest BCUT2D eigenvalue weighted by Crippen LogP contribution is -2.47. The molecule has 0 radical (unpaired) electrons. The highest BCUT2D eigenvalue weighted by atomic mass is 19.4. The molecule has 1 aliphatic heterocycles. The molecule has 9 heteroatoms. The number of rotatable bonds is 7. The number of aryl methyl sites for hydroxylation is 1. The van der Waals surface area contributed by atoms with Gasteiger partial charge in [0.1, 0.15) is 0 Å². The molecule has 1 aromatic heterocycles. The number of alkyl halides is 3. The van der Waals surface area contributed by atoms with Gasteiger partial charge in [-0.2, -0.15) is 13.2 Å². The van der Waals surface area contributed by atoms with E-state index in [4.69, 9.17) is 4.74 Å². The molecule has 4 rings (SSSR count). The van der Waals surface area contributed by atoms with Crippen molar-refractivity contribution in [3.05, 3.63) is 87.3 Å². The molecule has 0 atom stereocenters. The maximum absolute atomic E-state index is 13.1. The molecule has 6 nitrogen and oxygen atoms in total. The van der Waals surface area contributed by atoms with Gasteiger partial charge in [0.25, 0.3) is 5.56 Å². The molecular formula is C25H27F3N4O2. The van der Waals surface area contributed by atoms with Crippen molar-refractivity contribution in [3.63, 3.8) is 0 Å². The number of piperazine rings is 1. The molecule has 34 heavy (non-hydrogen) atoms. The van der Waals surface area contributed by atoms with E-state index in [9.17, 15) is 18.0 Å². The first-order valence-corrected chi connectivity index (χ1v) is 11.2. The number of hydrogen-bond donors (Lipinski definition) is 1. The summed E-state index contributed by atoms with van der Waals surface area (Å²) < 4.78 is 44.5. The molecule has 180 valence electrons. The number of anilines is 2. The van der Waals surface area contributed by atoms with Crippen LogP contribution in [0.4, 0.5) is 24.8 Å². The third kappa shape index (κ3) is 5.59. The molecule has 2 aromatic carbocycles. The largest absolute Gasteiger partial charge is 0.416 e. The van der Waals surface area contributed by atoms with Crippen LogP contribution in [0.15, 0.2) is 59.4 Å². The van der Waals surface area contributed by atoms with Gasteiger partial charge in [0.2, 0.25) is 5.95 Å². The standard InChI is InChI=1S/C25H27F3N4O2/c1-34-17-22-21(11-10-18-6-3-2-4-7-18)23(33)30-24(29-22)32-14-12-31(13-15-32)20-9-5-8-19(16-20)25(26,27)28/h2-9,16H,10-15,17H2,1H3,(H,29,30,33). The number of benzene rings is 2. The van der Waals surface area contributed by atoms with Gasteiger partial charge in [-0.3, -0.25) is 9.78 Å². The number of nitrogens with zero attached hydrogens (tertiary/aromatic N) is 3. The van der Waals surface area contributed by atoms with Crippen LogP contribution in [0.5, 0.6) is 0 Å². The lowest BCUT2D eigenvalue weighted by atomic mass is 10.0. The first-order chi connectivity index (χ1) is 16.3. The van der Waals surface area contributed by atoms with Gasteiger partial charge in [-0.25, -0.2) is 4.98 Å². The molecule has 0 unspecified atom stereocenters. The van der Waals surface area contributed by atoms with E-state index < -0.39 is 11.7 Å². The topological polar surface area (TPSA) is 61.5 Å². The monoisotopic (exact) mass is 472 g/mol. The molecule has 2 heterocycles. The van der Waals surface area contributed by atoms with E-state index in [2.05, 4.69) is 9.97 Å². The smallest absolute Gasteiger partial charge is 0.378 e. The molecular weight excluding hydrogens is 445 g/mol. The normalized spacial score (nSPS) is 14.5. The van der Waals surface area contributed by atoms with Crippen molar-refractivity contribution < 1.29 is 17.9 Å². The third-order valence-electron chi connectivity index (χ3n) is 5.99. The third-order valence-corrected chi connectivity index (χ3v) is 5.99. The van der Waals surface area contributed by atoms with Crippen LogP contribution in [0.3, 0.4) is 0 Å². The number of hydrogen-bond acceptors (Lipinski definition) is 5. The lowest BCUT2D eigenvalue weighted by molar-refractivity contribution is -0.137. The van der Waals surface area contributed by atoms with E-state index in [1.165, 1.54) is 12.1 Å². The van der Waals surface area contributed by atoms with Crippen LogP contribution in [-0.4, -0.2) is 43.3 Å². The molecule has 0 aliphatic carbocycles. The summed E-state index contributed by atoms with van der Waals surface area (Å²) in [5, 5.41) is 0. The van der Waals surface area contributed by atoms with Crippen LogP contribution in [0, 0.1) is 0 Å². The summed E-state index contributed by atoms with van der Waals surface area (Å²) in [6, 6.07) is 15.3. The molecule has 1 N–H and O–H groups in total. The van der Waals surface area contributed by atoms with Crippen LogP contribution in [0.2, 0.25) is 0 Å². The van der Waals surface area contributed by atoms with Gasteiger partial charge in [-0.05, 0) is 36.6 Å². The van der Waals surface area contributed by atoms with Crippen molar-refractivity contribution in [2.24, 2.45) is 0 Å². The van der Waals surface area contributed by atoms with E-state index >= 15 is 0 Å². The van der Waals surface area contributed by atoms with Crippen molar-refractivity contribution in [3.8, 4) is 0 Å². The predicted octanol–water partition coefficient (Wildman–Crippen LogP) is 4.05. The van der Waals surface area contributed by atoms with E-state index in [-0.39, 0.29) is 12.2 Å². The zero-order valence-electron chi connectivity index (χ0n) is 18.9. The number of aromatic nitrogens is 2. The Morgan fingerprint density at radius 2 is 1.68 bits per heavy atom. The van der Waals surface area contributed by atoms with E-state index in [1.54, 1.807) is 13.2 Å². The van der Waals surface area contributed by atoms with Crippen LogP contribution in [0.1, 0.15) is 22.4 Å². The van der Waals surface area contributed by atoms with Gasteiger partial charge >= 0.3 is 6.18 Å². The first-order valence-electron chi connectivity index (χ1n) is 11.2. The quantitative estimate of drug-likeness (QED) is 0.562. The summed E-state index contributed by atoms with van der Waals surface area (Å²) in [5.74, 6) is 0.462. The van der Waals surface area contributed by atoms with Crippen LogP contribution in [0.25, 0.3) is 0 Å². The maximum Gasteiger partial charge on any atom is 0.416 e. The van der Waals surface area contributed by atoms with Crippen molar-refractivity contribution in [2.45, 2.75) is 25.6 Å². The Morgan fingerprint density at radius 3 is 2.35 bits per heavy atom. The Hall–Kier alpha value is -3.33. The number of methoxy groups -OCH3 is 1. The van der Waals surface area contributed by atoms with Gasteiger partial charge in [0.15, 0.2) is 0 Å². The molecule has 1 saturated heterocycles. The summed E-state index contributed by atoms with van der Waals surface area (Å²) in [7, 11) is 1.57. The minimum absolute atomic E-state index is 0.187. The Labute approximate surface area is 196 Å². The van der Waals surface area contributed by atoms with Gasteiger partial charge < -0.3 is 14.5 Å². The zero-order chi connectivity index (χ0) is 24.1. The predicted molar refractivity (Wildman–Crippen MR) is 125 cm³/mol. The SMILES string of the molecule is COCc1nc(N2CCN(c3cccc(C(F)(F)F)c3)CC2)[nH]c(=O)c1CCc1ccccc1. The molecule has 0 amide bonds. The summed E-state index contributed by atoms with van der Waals surface area (Å²) in [4.78, 5) is 24.4. The summed E-state index contributed by atoms with van der Waals surface area (Å²) in [6.07, 6.45) is -3.10. The molecule has 1 fully saturated rings. The highest BCUT2D eigenvalue weighted by Crippen LogP contribution is 2.32. The van der Waals surface area contributed by atoms with Crippen LogP contribution in [-0.2, 0) is 30.4 Å². The average molecular weight is 473 g/mol. The summed E-state index contributed by atoms with van der Waals surface area (Å²) in [5.41, 5.74) is 2.05. The Kier molecular flexibility index (Phi) is 7.21. The fourth-order valence-corrected chi connectivity index (χ4v) is 4.16. The van der Waals surface area contributed by atoms with Gasteiger partial charge in [0.05, 0.1) is 17.9 Å². The van der Waals surface area contributed by atoms with Crippen molar-refractivity contribution in [1.82, 2.24) is 9.97 Å². The Bertz CT molecular complexity index is 1160. The number of aromatic amines is 1. The minimum Gasteiger partial charge on any atom is -0.378 e. The van der Waals surface area contributed by atoms with Gasteiger partial charge in [-0.1, -0.05) is 36.4 Å². The van der Waals surface area contributed by atoms with Gasteiger partial charge in [0, 0.05) is 44.5 Å².